The van der Waals surface area contributed by atoms with Crippen molar-refractivity contribution in [3.63, 3.8) is 0 Å². The van der Waals surface area contributed by atoms with Crippen LogP contribution in [-0.2, 0) is 0 Å². The molecule has 0 unspecified atom stereocenters. The molecular weight excluding hydrogens is 252 g/mol. The average molecular weight is 265 g/mol. The number of halogens is 1. The highest BCUT2D eigenvalue weighted by atomic mass is 79.9. The van der Waals surface area contributed by atoms with Crippen LogP contribution < -0.4 is 4.74 Å². The van der Waals surface area contributed by atoms with Crippen LogP contribution in [0.2, 0.25) is 0 Å². The quantitative estimate of drug-likeness (QED) is 0.782. The number of fused-ring (bicyclic) bond motifs is 1. The SMILES string of the molecule is CC(C)Oc1cc(Br)c2ccccc2c1. The van der Waals surface area contributed by atoms with Crippen LogP contribution in [-0.4, -0.2) is 6.10 Å². The Morgan fingerprint density at radius 1 is 1.13 bits per heavy atom. The van der Waals surface area contributed by atoms with E-state index in [1.807, 2.05) is 32.0 Å². The van der Waals surface area contributed by atoms with Gasteiger partial charge < -0.3 is 4.74 Å². The maximum absolute atomic E-state index is 5.67. The van der Waals surface area contributed by atoms with Gasteiger partial charge in [-0.15, -0.1) is 0 Å². The minimum absolute atomic E-state index is 0.207. The van der Waals surface area contributed by atoms with Crippen LogP contribution in [0.5, 0.6) is 5.75 Å². The number of ether oxygens (including phenoxy) is 1. The van der Waals surface area contributed by atoms with Crippen molar-refractivity contribution in [1.82, 2.24) is 0 Å². The summed E-state index contributed by atoms with van der Waals surface area (Å²) in [5, 5.41) is 2.41. The van der Waals surface area contributed by atoms with Crippen molar-refractivity contribution < 1.29 is 4.74 Å². The van der Waals surface area contributed by atoms with E-state index in [0.29, 0.717) is 0 Å². The number of hydrogen-bond donors (Lipinski definition) is 0. The molecule has 2 rings (SSSR count). The molecule has 15 heavy (non-hydrogen) atoms. The van der Waals surface area contributed by atoms with Crippen molar-refractivity contribution in [1.29, 1.82) is 0 Å². The highest BCUT2D eigenvalue weighted by Gasteiger charge is 2.03. The zero-order valence-electron chi connectivity index (χ0n) is 8.83. The third-order valence-corrected chi connectivity index (χ3v) is 2.81. The molecule has 2 heteroatoms. The van der Waals surface area contributed by atoms with Crippen LogP contribution in [0.3, 0.4) is 0 Å². The molecule has 0 fully saturated rings. The summed E-state index contributed by atoms with van der Waals surface area (Å²) in [5.74, 6) is 0.913. The molecule has 0 saturated heterocycles. The van der Waals surface area contributed by atoms with Gasteiger partial charge in [-0.3, -0.25) is 0 Å². The first-order chi connectivity index (χ1) is 7.16. The fourth-order valence-corrected chi connectivity index (χ4v) is 2.16. The Balaban J connectivity index is 2.52. The summed E-state index contributed by atoms with van der Waals surface area (Å²) in [4.78, 5) is 0. The summed E-state index contributed by atoms with van der Waals surface area (Å²) in [5.41, 5.74) is 0. The third-order valence-electron chi connectivity index (χ3n) is 2.16. The second-order valence-corrected chi connectivity index (χ2v) is 4.65. The van der Waals surface area contributed by atoms with E-state index in [1.165, 1.54) is 10.8 Å². The van der Waals surface area contributed by atoms with Gasteiger partial charge in [-0.1, -0.05) is 40.2 Å². The van der Waals surface area contributed by atoms with E-state index in [9.17, 15) is 0 Å². The van der Waals surface area contributed by atoms with Crippen LogP contribution in [0.15, 0.2) is 40.9 Å². The summed E-state index contributed by atoms with van der Waals surface area (Å²) in [6.45, 7) is 4.06. The van der Waals surface area contributed by atoms with Gasteiger partial charge in [0.05, 0.1) is 6.10 Å². The normalized spacial score (nSPS) is 10.9. The van der Waals surface area contributed by atoms with E-state index in [2.05, 4.69) is 34.1 Å². The van der Waals surface area contributed by atoms with Crippen LogP contribution >= 0.6 is 15.9 Å². The lowest BCUT2D eigenvalue weighted by molar-refractivity contribution is 0.242. The van der Waals surface area contributed by atoms with Gasteiger partial charge in [-0.2, -0.15) is 0 Å². The summed E-state index contributed by atoms with van der Waals surface area (Å²) in [6, 6.07) is 12.3. The highest BCUT2D eigenvalue weighted by molar-refractivity contribution is 9.10. The lowest BCUT2D eigenvalue weighted by atomic mass is 10.1. The molecule has 78 valence electrons. The van der Waals surface area contributed by atoms with Crippen molar-refractivity contribution in [2.24, 2.45) is 0 Å². The number of rotatable bonds is 2. The van der Waals surface area contributed by atoms with E-state index in [1.54, 1.807) is 0 Å². The Hall–Kier alpha value is -1.02. The van der Waals surface area contributed by atoms with Crippen molar-refractivity contribution in [2.75, 3.05) is 0 Å². The lowest BCUT2D eigenvalue weighted by Crippen LogP contribution is -2.05. The Morgan fingerprint density at radius 3 is 2.60 bits per heavy atom. The summed E-state index contributed by atoms with van der Waals surface area (Å²) in [7, 11) is 0. The molecular formula is C13H13BrO. The molecule has 0 bridgehead atoms. The van der Waals surface area contributed by atoms with Crippen LogP contribution in [0, 0.1) is 0 Å². The maximum Gasteiger partial charge on any atom is 0.121 e. The molecule has 0 heterocycles. The van der Waals surface area contributed by atoms with Gasteiger partial charge in [-0.25, -0.2) is 0 Å². The van der Waals surface area contributed by atoms with Gasteiger partial charge in [0.1, 0.15) is 5.75 Å². The van der Waals surface area contributed by atoms with Gasteiger partial charge in [0, 0.05) is 4.47 Å². The van der Waals surface area contributed by atoms with Gasteiger partial charge in [0.25, 0.3) is 0 Å². The molecule has 2 aromatic rings. The molecule has 0 radical (unpaired) electrons. The van der Waals surface area contributed by atoms with Crippen molar-refractivity contribution >= 4 is 26.7 Å². The summed E-state index contributed by atoms with van der Waals surface area (Å²) < 4.78 is 6.75. The molecule has 0 aliphatic rings. The lowest BCUT2D eigenvalue weighted by Gasteiger charge is -2.11. The topological polar surface area (TPSA) is 9.23 Å². The maximum atomic E-state index is 5.67. The van der Waals surface area contributed by atoms with Gasteiger partial charge in [0.2, 0.25) is 0 Å². The molecule has 2 aromatic carbocycles. The van der Waals surface area contributed by atoms with Crippen molar-refractivity contribution in [3.05, 3.63) is 40.9 Å². The van der Waals surface area contributed by atoms with Gasteiger partial charge in [0.15, 0.2) is 0 Å². The summed E-state index contributed by atoms with van der Waals surface area (Å²) >= 11 is 3.56. The predicted molar refractivity (Wildman–Crippen MR) is 67.4 cm³/mol. The second-order valence-electron chi connectivity index (χ2n) is 3.79. The highest BCUT2D eigenvalue weighted by Crippen LogP contribution is 2.29. The first-order valence-corrected chi connectivity index (χ1v) is 5.81. The average Bonchev–Trinajstić information content (AvgIpc) is 2.16. The molecule has 0 aromatic heterocycles. The van der Waals surface area contributed by atoms with E-state index in [0.717, 1.165) is 10.2 Å². The van der Waals surface area contributed by atoms with Gasteiger partial charge >= 0.3 is 0 Å². The number of hydrogen-bond acceptors (Lipinski definition) is 1. The zero-order chi connectivity index (χ0) is 10.8. The molecule has 0 amide bonds. The monoisotopic (exact) mass is 264 g/mol. The molecule has 0 spiro atoms. The second kappa shape index (κ2) is 4.23. The van der Waals surface area contributed by atoms with E-state index >= 15 is 0 Å². The third kappa shape index (κ3) is 2.32. The molecule has 0 saturated carbocycles. The first kappa shape index (κ1) is 10.5. The summed E-state index contributed by atoms with van der Waals surface area (Å²) in [6.07, 6.45) is 0.207. The van der Waals surface area contributed by atoms with E-state index in [-0.39, 0.29) is 6.10 Å². The van der Waals surface area contributed by atoms with Gasteiger partial charge in [-0.05, 0) is 36.8 Å². The Bertz CT molecular complexity index is 477. The fourth-order valence-electron chi connectivity index (χ4n) is 1.58. The van der Waals surface area contributed by atoms with E-state index < -0.39 is 0 Å². The van der Waals surface area contributed by atoms with Crippen LogP contribution in [0.1, 0.15) is 13.8 Å². The minimum Gasteiger partial charge on any atom is -0.491 e. The Labute approximate surface area is 98.2 Å². The Morgan fingerprint density at radius 2 is 1.87 bits per heavy atom. The predicted octanol–water partition coefficient (Wildman–Crippen LogP) is 4.39. The molecule has 0 aliphatic carbocycles. The zero-order valence-corrected chi connectivity index (χ0v) is 10.4. The smallest absolute Gasteiger partial charge is 0.121 e. The van der Waals surface area contributed by atoms with Crippen LogP contribution in [0.4, 0.5) is 0 Å². The van der Waals surface area contributed by atoms with Crippen molar-refractivity contribution in [2.45, 2.75) is 20.0 Å². The largest absolute Gasteiger partial charge is 0.491 e. The van der Waals surface area contributed by atoms with E-state index in [4.69, 9.17) is 4.74 Å². The standard InChI is InChI=1S/C13H13BrO/c1-9(2)15-11-7-10-5-3-4-6-12(10)13(14)8-11/h3-9H,1-2H3. The van der Waals surface area contributed by atoms with Crippen LogP contribution in [0.25, 0.3) is 10.8 Å². The molecule has 0 aliphatic heterocycles. The fraction of sp³-hybridized carbons (Fsp3) is 0.231. The Kier molecular flexibility index (Phi) is 2.96. The molecule has 0 atom stereocenters. The number of benzene rings is 2. The van der Waals surface area contributed by atoms with Crippen molar-refractivity contribution in [3.8, 4) is 5.75 Å². The molecule has 1 nitrogen and oxygen atoms in total. The molecule has 0 N–H and O–H groups in total. The first-order valence-electron chi connectivity index (χ1n) is 5.02. The minimum atomic E-state index is 0.207.